The van der Waals surface area contributed by atoms with Crippen molar-refractivity contribution >= 4 is 11.6 Å². The number of pyridine rings is 1. The Labute approximate surface area is 136 Å². The highest BCUT2D eigenvalue weighted by Crippen LogP contribution is 2.15. The number of nitrogens with one attached hydrogen (secondary N) is 1. The van der Waals surface area contributed by atoms with Crippen molar-refractivity contribution in [3.05, 3.63) is 70.7 Å². The summed E-state index contributed by atoms with van der Waals surface area (Å²) in [7, 11) is 0. The summed E-state index contributed by atoms with van der Waals surface area (Å²) < 4.78 is 1.89. The molecule has 0 atom stereocenters. The minimum absolute atomic E-state index is 0.0828. The van der Waals surface area contributed by atoms with Gasteiger partial charge in [-0.1, -0.05) is 42.8 Å². The minimum Gasteiger partial charge on any atom is -0.347 e. The van der Waals surface area contributed by atoms with E-state index in [1.165, 1.54) is 5.56 Å². The fourth-order valence-corrected chi connectivity index (χ4v) is 2.66. The topological polar surface area (TPSA) is 46.4 Å². The van der Waals surface area contributed by atoms with Crippen LogP contribution in [0.15, 0.2) is 42.6 Å². The van der Waals surface area contributed by atoms with Crippen molar-refractivity contribution in [1.29, 1.82) is 0 Å². The van der Waals surface area contributed by atoms with Crippen LogP contribution in [0.4, 0.5) is 0 Å². The van der Waals surface area contributed by atoms with E-state index in [0.717, 1.165) is 28.9 Å². The summed E-state index contributed by atoms with van der Waals surface area (Å²) in [5, 5.41) is 3.01. The lowest BCUT2D eigenvalue weighted by Gasteiger charge is -2.07. The fraction of sp³-hybridized carbons (Fsp3) is 0.263. The van der Waals surface area contributed by atoms with Crippen LogP contribution in [0.5, 0.6) is 0 Å². The highest BCUT2D eigenvalue weighted by Gasteiger charge is 2.17. The summed E-state index contributed by atoms with van der Waals surface area (Å²) in [5.74, 6) is -0.0828. The molecule has 0 fully saturated rings. The molecule has 4 heteroatoms. The second kappa shape index (κ2) is 6.24. The zero-order valence-electron chi connectivity index (χ0n) is 13.8. The summed E-state index contributed by atoms with van der Waals surface area (Å²) in [6.45, 7) is 6.60. The molecule has 0 spiro atoms. The van der Waals surface area contributed by atoms with Crippen molar-refractivity contribution in [3.8, 4) is 0 Å². The maximum absolute atomic E-state index is 12.7. The van der Waals surface area contributed by atoms with E-state index in [0.29, 0.717) is 12.2 Å². The van der Waals surface area contributed by atoms with E-state index in [-0.39, 0.29) is 5.91 Å². The van der Waals surface area contributed by atoms with Crippen molar-refractivity contribution in [2.24, 2.45) is 0 Å². The van der Waals surface area contributed by atoms with Crippen LogP contribution in [-0.4, -0.2) is 15.3 Å². The monoisotopic (exact) mass is 307 g/mol. The lowest BCUT2D eigenvalue weighted by atomic mass is 10.1. The molecule has 0 saturated carbocycles. The maximum Gasteiger partial charge on any atom is 0.270 e. The van der Waals surface area contributed by atoms with Gasteiger partial charge in [0.15, 0.2) is 0 Å². The number of aromatic nitrogens is 2. The fourth-order valence-electron chi connectivity index (χ4n) is 2.66. The molecule has 0 aliphatic heterocycles. The summed E-state index contributed by atoms with van der Waals surface area (Å²) in [4.78, 5) is 17.2. The van der Waals surface area contributed by atoms with Crippen LogP contribution in [-0.2, 0) is 13.0 Å². The molecule has 0 bridgehead atoms. The molecule has 3 aromatic rings. The molecule has 2 aromatic heterocycles. The Kier molecular flexibility index (Phi) is 4.15. The summed E-state index contributed by atoms with van der Waals surface area (Å²) in [6.07, 6.45) is 2.69. The van der Waals surface area contributed by atoms with E-state index in [9.17, 15) is 4.79 Å². The van der Waals surface area contributed by atoms with Gasteiger partial charge in [0.1, 0.15) is 11.3 Å². The highest BCUT2D eigenvalue weighted by molar-refractivity contribution is 5.94. The third-order valence-electron chi connectivity index (χ3n) is 3.96. The molecule has 1 aromatic carbocycles. The van der Waals surface area contributed by atoms with Gasteiger partial charge in [-0.2, -0.15) is 0 Å². The van der Waals surface area contributed by atoms with Crippen molar-refractivity contribution in [1.82, 2.24) is 14.7 Å². The van der Waals surface area contributed by atoms with Crippen LogP contribution >= 0.6 is 0 Å². The number of carbonyl (C=O) groups is 1. The molecule has 0 unspecified atom stereocenters. The van der Waals surface area contributed by atoms with Crippen LogP contribution in [0.3, 0.4) is 0 Å². The van der Waals surface area contributed by atoms with Crippen LogP contribution < -0.4 is 5.32 Å². The molecule has 118 valence electrons. The van der Waals surface area contributed by atoms with Crippen molar-refractivity contribution < 1.29 is 4.79 Å². The molecule has 1 N–H and O–H groups in total. The number of benzene rings is 1. The van der Waals surface area contributed by atoms with Gasteiger partial charge < -0.3 is 5.32 Å². The van der Waals surface area contributed by atoms with Gasteiger partial charge in [-0.15, -0.1) is 0 Å². The Hall–Kier alpha value is -2.62. The van der Waals surface area contributed by atoms with E-state index >= 15 is 0 Å². The summed E-state index contributed by atoms with van der Waals surface area (Å²) >= 11 is 0. The summed E-state index contributed by atoms with van der Waals surface area (Å²) in [5.41, 5.74) is 5.69. The molecule has 0 aliphatic carbocycles. The zero-order valence-corrected chi connectivity index (χ0v) is 13.8. The van der Waals surface area contributed by atoms with Crippen molar-refractivity contribution in [3.63, 3.8) is 0 Å². The predicted octanol–water partition coefficient (Wildman–Crippen LogP) is 3.44. The molecule has 3 rings (SSSR count). The van der Waals surface area contributed by atoms with Crippen LogP contribution in [0.2, 0.25) is 0 Å². The standard InChI is InChI=1S/C19H21N3O/c1-4-16-18(22-12-14(3)7-10-17(22)21-16)19(23)20-11-15-8-5-13(2)6-9-15/h5-10,12H,4,11H2,1-3H3,(H,20,23). The average Bonchev–Trinajstić information content (AvgIpc) is 2.91. The first-order valence-electron chi connectivity index (χ1n) is 7.90. The molecule has 23 heavy (non-hydrogen) atoms. The van der Waals surface area contributed by atoms with E-state index < -0.39 is 0 Å². The Morgan fingerprint density at radius 3 is 2.48 bits per heavy atom. The molecule has 1 amide bonds. The predicted molar refractivity (Wildman–Crippen MR) is 91.7 cm³/mol. The van der Waals surface area contributed by atoms with Gasteiger partial charge in [0.2, 0.25) is 0 Å². The Balaban J connectivity index is 1.87. The van der Waals surface area contributed by atoms with E-state index in [1.54, 1.807) is 0 Å². The largest absolute Gasteiger partial charge is 0.347 e. The number of imidazole rings is 1. The SMILES string of the molecule is CCc1nc2ccc(C)cn2c1C(=O)NCc1ccc(C)cc1. The van der Waals surface area contributed by atoms with Crippen molar-refractivity contribution in [2.75, 3.05) is 0 Å². The molecule has 0 aliphatic rings. The molecular formula is C19H21N3O. The number of nitrogens with zero attached hydrogens (tertiary/aromatic N) is 2. The van der Waals surface area contributed by atoms with Crippen LogP contribution in [0.25, 0.3) is 5.65 Å². The molecule has 0 radical (unpaired) electrons. The van der Waals surface area contributed by atoms with Gasteiger partial charge in [0.05, 0.1) is 5.69 Å². The van der Waals surface area contributed by atoms with Gasteiger partial charge >= 0.3 is 0 Å². The Morgan fingerprint density at radius 1 is 1.09 bits per heavy atom. The van der Waals surface area contributed by atoms with E-state index in [1.807, 2.05) is 48.7 Å². The van der Waals surface area contributed by atoms with Crippen molar-refractivity contribution in [2.45, 2.75) is 33.7 Å². The van der Waals surface area contributed by atoms with Crippen LogP contribution in [0.1, 0.15) is 39.8 Å². The number of rotatable bonds is 4. The summed E-state index contributed by atoms with van der Waals surface area (Å²) in [6, 6.07) is 12.1. The maximum atomic E-state index is 12.7. The number of fused-ring (bicyclic) bond motifs is 1. The zero-order chi connectivity index (χ0) is 16.4. The van der Waals surface area contributed by atoms with Crippen LogP contribution in [0, 0.1) is 13.8 Å². The van der Waals surface area contributed by atoms with E-state index in [2.05, 4.69) is 29.4 Å². The Bertz CT molecular complexity index is 847. The minimum atomic E-state index is -0.0828. The lowest BCUT2D eigenvalue weighted by molar-refractivity contribution is 0.0944. The van der Waals surface area contributed by atoms with Gasteiger partial charge in [-0.25, -0.2) is 4.98 Å². The third kappa shape index (κ3) is 3.11. The number of amides is 1. The number of hydrogen-bond donors (Lipinski definition) is 1. The molecule has 2 heterocycles. The number of aryl methyl sites for hydroxylation is 3. The van der Waals surface area contributed by atoms with Gasteiger partial charge in [0, 0.05) is 12.7 Å². The second-order valence-corrected chi connectivity index (χ2v) is 5.86. The smallest absolute Gasteiger partial charge is 0.270 e. The van der Waals surface area contributed by atoms with E-state index in [4.69, 9.17) is 0 Å². The molecule has 4 nitrogen and oxygen atoms in total. The average molecular weight is 307 g/mol. The molecule has 0 saturated heterocycles. The van der Waals surface area contributed by atoms with Gasteiger partial charge in [-0.05, 0) is 37.5 Å². The van der Waals surface area contributed by atoms with Gasteiger partial charge in [0.25, 0.3) is 5.91 Å². The first-order chi connectivity index (χ1) is 11.1. The Morgan fingerprint density at radius 2 is 1.78 bits per heavy atom. The quantitative estimate of drug-likeness (QED) is 0.802. The third-order valence-corrected chi connectivity index (χ3v) is 3.96. The number of hydrogen-bond acceptors (Lipinski definition) is 2. The normalized spacial score (nSPS) is 10.9. The lowest BCUT2D eigenvalue weighted by Crippen LogP contribution is -2.25. The molecular weight excluding hydrogens is 286 g/mol. The first kappa shape index (κ1) is 15.3. The van der Waals surface area contributed by atoms with Gasteiger partial charge in [-0.3, -0.25) is 9.20 Å². The number of carbonyl (C=O) groups excluding carboxylic acids is 1. The first-order valence-corrected chi connectivity index (χ1v) is 7.90. The second-order valence-electron chi connectivity index (χ2n) is 5.86. The highest BCUT2D eigenvalue weighted by atomic mass is 16.1.